The maximum Gasteiger partial charge on any atom is 0.265 e. The number of methoxy groups -OCH3 is 1. The van der Waals surface area contributed by atoms with Crippen molar-refractivity contribution in [3.8, 4) is 5.75 Å². The van der Waals surface area contributed by atoms with Crippen LogP contribution in [0.2, 0.25) is 5.02 Å². The van der Waals surface area contributed by atoms with Crippen molar-refractivity contribution in [1.29, 1.82) is 0 Å². The van der Waals surface area contributed by atoms with Crippen molar-refractivity contribution in [2.24, 2.45) is 0 Å². The van der Waals surface area contributed by atoms with Gasteiger partial charge in [0.25, 0.3) is 9.05 Å². The standard InChI is InChI=1S/C9H10Cl2O3S/c1-5-4-6(2)9(15(11,12)13)8(14-3)7(5)10/h4H,1-3H3. The summed E-state index contributed by atoms with van der Waals surface area (Å²) < 4.78 is 27.6. The van der Waals surface area contributed by atoms with Gasteiger partial charge in [0.15, 0.2) is 5.75 Å². The monoisotopic (exact) mass is 268 g/mol. The van der Waals surface area contributed by atoms with Crippen LogP contribution in [0, 0.1) is 13.8 Å². The molecule has 0 spiro atoms. The molecule has 0 aliphatic heterocycles. The molecule has 15 heavy (non-hydrogen) atoms. The van der Waals surface area contributed by atoms with Crippen LogP contribution in [0.5, 0.6) is 5.75 Å². The molecule has 0 aromatic heterocycles. The van der Waals surface area contributed by atoms with E-state index in [0.717, 1.165) is 5.56 Å². The minimum absolute atomic E-state index is 0.0673. The second kappa shape index (κ2) is 4.20. The summed E-state index contributed by atoms with van der Waals surface area (Å²) in [5.41, 5.74) is 1.26. The topological polar surface area (TPSA) is 43.4 Å². The van der Waals surface area contributed by atoms with E-state index in [1.165, 1.54) is 7.11 Å². The molecule has 0 bridgehead atoms. The predicted molar refractivity (Wildman–Crippen MR) is 60.5 cm³/mol. The molecule has 1 aromatic rings. The molecule has 0 heterocycles. The smallest absolute Gasteiger partial charge is 0.265 e. The van der Waals surface area contributed by atoms with Crippen LogP contribution in [0.25, 0.3) is 0 Å². The average Bonchev–Trinajstić information content (AvgIpc) is 2.08. The maximum atomic E-state index is 11.3. The molecule has 0 aliphatic rings. The van der Waals surface area contributed by atoms with Crippen LogP contribution in [-0.4, -0.2) is 15.5 Å². The van der Waals surface area contributed by atoms with E-state index in [2.05, 4.69) is 0 Å². The van der Waals surface area contributed by atoms with E-state index in [4.69, 9.17) is 27.0 Å². The summed E-state index contributed by atoms with van der Waals surface area (Å²) in [5.74, 6) is 0.101. The Morgan fingerprint density at radius 3 is 2.20 bits per heavy atom. The van der Waals surface area contributed by atoms with E-state index >= 15 is 0 Å². The molecule has 6 heteroatoms. The van der Waals surface area contributed by atoms with Crippen molar-refractivity contribution in [3.63, 3.8) is 0 Å². The summed E-state index contributed by atoms with van der Waals surface area (Å²) in [6, 6.07) is 1.65. The zero-order chi connectivity index (χ0) is 11.8. The Morgan fingerprint density at radius 2 is 1.80 bits per heavy atom. The molecule has 0 atom stereocenters. The van der Waals surface area contributed by atoms with Gasteiger partial charge in [-0.2, -0.15) is 0 Å². The van der Waals surface area contributed by atoms with E-state index in [9.17, 15) is 8.42 Å². The number of benzene rings is 1. The van der Waals surface area contributed by atoms with Gasteiger partial charge in [0.1, 0.15) is 4.90 Å². The van der Waals surface area contributed by atoms with Crippen molar-refractivity contribution in [1.82, 2.24) is 0 Å². The largest absolute Gasteiger partial charge is 0.494 e. The highest BCUT2D eigenvalue weighted by molar-refractivity contribution is 8.13. The first kappa shape index (κ1) is 12.6. The molecule has 0 aliphatic carbocycles. The number of aryl methyl sites for hydroxylation is 2. The summed E-state index contributed by atoms with van der Waals surface area (Å²) in [6.07, 6.45) is 0. The normalized spacial score (nSPS) is 11.5. The fourth-order valence-corrected chi connectivity index (χ4v) is 3.10. The van der Waals surface area contributed by atoms with Crippen molar-refractivity contribution in [3.05, 3.63) is 22.2 Å². The van der Waals surface area contributed by atoms with Crippen LogP contribution in [0.1, 0.15) is 11.1 Å². The molecule has 1 aromatic carbocycles. The van der Waals surface area contributed by atoms with E-state index in [0.29, 0.717) is 5.56 Å². The number of hydrogen-bond donors (Lipinski definition) is 0. The molecule has 3 nitrogen and oxygen atoms in total. The Morgan fingerprint density at radius 1 is 1.27 bits per heavy atom. The summed E-state index contributed by atoms with van der Waals surface area (Å²) in [6.45, 7) is 3.41. The van der Waals surface area contributed by atoms with E-state index in [1.54, 1.807) is 19.9 Å². The van der Waals surface area contributed by atoms with Crippen LogP contribution >= 0.6 is 22.3 Å². The van der Waals surface area contributed by atoms with Gasteiger partial charge >= 0.3 is 0 Å². The lowest BCUT2D eigenvalue weighted by Crippen LogP contribution is -2.01. The van der Waals surface area contributed by atoms with Crippen LogP contribution in [0.3, 0.4) is 0 Å². The molecule has 0 fully saturated rings. The molecular weight excluding hydrogens is 259 g/mol. The third-order valence-electron chi connectivity index (χ3n) is 1.99. The molecule has 0 saturated heterocycles. The Balaban J connectivity index is 3.72. The van der Waals surface area contributed by atoms with Gasteiger partial charge in [-0.3, -0.25) is 0 Å². The van der Waals surface area contributed by atoms with Gasteiger partial charge in [-0.05, 0) is 25.0 Å². The summed E-state index contributed by atoms with van der Waals surface area (Å²) in [5, 5.41) is 0.266. The molecule has 0 N–H and O–H groups in total. The van der Waals surface area contributed by atoms with E-state index < -0.39 is 9.05 Å². The zero-order valence-corrected chi connectivity index (χ0v) is 10.8. The Labute approximate surface area is 98.4 Å². The second-order valence-electron chi connectivity index (χ2n) is 3.12. The zero-order valence-electron chi connectivity index (χ0n) is 8.47. The van der Waals surface area contributed by atoms with Gasteiger partial charge in [0.05, 0.1) is 12.1 Å². The minimum atomic E-state index is -3.85. The Bertz CT molecular complexity index is 495. The highest BCUT2D eigenvalue weighted by Crippen LogP contribution is 2.38. The SMILES string of the molecule is COc1c(Cl)c(C)cc(C)c1S(=O)(=O)Cl. The molecule has 0 radical (unpaired) electrons. The first-order chi connectivity index (χ1) is 6.79. The fourth-order valence-electron chi connectivity index (χ4n) is 1.40. The number of halogens is 2. The van der Waals surface area contributed by atoms with Gasteiger partial charge < -0.3 is 4.74 Å². The van der Waals surface area contributed by atoms with E-state index in [1.807, 2.05) is 0 Å². The van der Waals surface area contributed by atoms with Gasteiger partial charge in [-0.15, -0.1) is 0 Å². The number of ether oxygens (including phenoxy) is 1. The van der Waals surface area contributed by atoms with Crippen LogP contribution in [-0.2, 0) is 9.05 Å². The number of rotatable bonds is 2. The molecule has 0 amide bonds. The highest BCUT2D eigenvalue weighted by atomic mass is 35.7. The van der Waals surface area contributed by atoms with Crippen molar-refractivity contribution in [2.75, 3.05) is 7.11 Å². The Kier molecular flexibility index (Phi) is 3.53. The van der Waals surface area contributed by atoms with Crippen LogP contribution < -0.4 is 4.74 Å². The van der Waals surface area contributed by atoms with Gasteiger partial charge in [0.2, 0.25) is 0 Å². The second-order valence-corrected chi connectivity index (χ2v) is 6.01. The van der Waals surface area contributed by atoms with Crippen molar-refractivity contribution < 1.29 is 13.2 Å². The highest BCUT2D eigenvalue weighted by Gasteiger charge is 2.23. The van der Waals surface area contributed by atoms with Crippen molar-refractivity contribution >= 4 is 31.3 Å². The lowest BCUT2D eigenvalue weighted by molar-refractivity contribution is 0.402. The predicted octanol–water partition coefficient (Wildman–Crippen LogP) is 2.89. The number of hydrogen-bond acceptors (Lipinski definition) is 3. The molecule has 0 unspecified atom stereocenters. The minimum Gasteiger partial charge on any atom is -0.494 e. The Hall–Kier alpha value is -0.450. The molecule has 84 valence electrons. The summed E-state index contributed by atoms with van der Waals surface area (Å²) in [4.78, 5) is -0.0673. The van der Waals surface area contributed by atoms with Crippen LogP contribution in [0.15, 0.2) is 11.0 Å². The average molecular weight is 269 g/mol. The summed E-state index contributed by atoms with van der Waals surface area (Å²) in [7, 11) is 2.81. The van der Waals surface area contributed by atoms with Crippen molar-refractivity contribution in [2.45, 2.75) is 18.7 Å². The van der Waals surface area contributed by atoms with E-state index in [-0.39, 0.29) is 15.7 Å². The lowest BCUT2D eigenvalue weighted by atomic mass is 10.1. The lowest BCUT2D eigenvalue weighted by Gasteiger charge is -2.12. The third-order valence-corrected chi connectivity index (χ3v) is 3.92. The molecular formula is C9H10Cl2O3S. The molecule has 1 rings (SSSR count). The quantitative estimate of drug-likeness (QED) is 0.775. The van der Waals surface area contributed by atoms with Gasteiger partial charge in [-0.25, -0.2) is 8.42 Å². The maximum absolute atomic E-state index is 11.3. The van der Waals surface area contributed by atoms with Crippen LogP contribution in [0.4, 0.5) is 0 Å². The fraction of sp³-hybridized carbons (Fsp3) is 0.333. The first-order valence-corrected chi connectivity index (χ1v) is 6.76. The first-order valence-electron chi connectivity index (χ1n) is 4.07. The third kappa shape index (κ3) is 2.38. The molecule has 0 saturated carbocycles. The van der Waals surface area contributed by atoms with Gasteiger partial charge in [-0.1, -0.05) is 17.7 Å². The van der Waals surface area contributed by atoms with Gasteiger partial charge in [0, 0.05) is 10.7 Å². The summed E-state index contributed by atoms with van der Waals surface area (Å²) >= 11 is 5.93.